The van der Waals surface area contributed by atoms with E-state index in [1.165, 1.54) is 0 Å². The van der Waals surface area contributed by atoms with Crippen molar-refractivity contribution >= 4 is 29.5 Å². The summed E-state index contributed by atoms with van der Waals surface area (Å²) in [6.45, 7) is 23.4. The van der Waals surface area contributed by atoms with Gasteiger partial charge in [-0.2, -0.15) is 0 Å². The Morgan fingerprint density at radius 3 is 2.34 bits per heavy atom. The molecule has 0 aromatic heterocycles. The van der Waals surface area contributed by atoms with Crippen LogP contribution in [-0.4, -0.2) is 91.4 Å². The normalized spacial score (nSPS) is 29.3. The molecule has 0 radical (unpaired) electrons. The highest BCUT2D eigenvalue weighted by Gasteiger charge is 2.74. The van der Waals surface area contributed by atoms with Gasteiger partial charge in [-0.1, -0.05) is 39.8 Å². The van der Waals surface area contributed by atoms with Crippen LogP contribution in [0.2, 0.25) is 0 Å². The Balaban J connectivity index is 2.09. The molecule has 1 spiro atoms. The number of carbonyl (C=O) groups excluding carboxylic acids is 3. The van der Waals surface area contributed by atoms with Gasteiger partial charge in [-0.05, 0) is 51.9 Å². The van der Waals surface area contributed by atoms with Crippen molar-refractivity contribution in [3.63, 3.8) is 0 Å². The third kappa shape index (κ3) is 5.32. The fourth-order valence-electron chi connectivity index (χ4n) is 7.45. The van der Waals surface area contributed by atoms with Gasteiger partial charge in [0.15, 0.2) is 0 Å². The van der Waals surface area contributed by atoms with Gasteiger partial charge in [-0.25, -0.2) is 0 Å². The van der Waals surface area contributed by atoms with Gasteiger partial charge in [-0.3, -0.25) is 14.4 Å². The lowest BCUT2D eigenvalue weighted by Crippen LogP contribution is -2.61. The zero-order valence-electron chi connectivity index (χ0n) is 24.5. The fourth-order valence-corrected chi connectivity index (χ4v) is 9.64. The first-order valence-electron chi connectivity index (χ1n) is 14.1. The van der Waals surface area contributed by atoms with Gasteiger partial charge >= 0.3 is 0 Å². The number of amides is 3. The van der Waals surface area contributed by atoms with Gasteiger partial charge in [0.25, 0.3) is 0 Å². The summed E-state index contributed by atoms with van der Waals surface area (Å²) in [6.07, 6.45) is 6.59. The predicted octanol–water partition coefficient (Wildman–Crippen LogP) is 4.11. The van der Waals surface area contributed by atoms with Crippen LogP contribution in [0, 0.1) is 17.3 Å². The molecule has 7 nitrogen and oxygen atoms in total. The molecule has 3 saturated heterocycles. The van der Waals surface area contributed by atoms with E-state index in [-0.39, 0.29) is 35.0 Å². The first kappa shape index (κ1) is 30.7. The van der Waals surface area contributed by atoms with E-state index in [1.807, 2.05) is 16.7 Å². The molecule has 38 heavy (non-hydrogen) atoms. The second-order valence-electron chi connectivity index (χ2n) is 13.2. The molecule has 2 bridgehead atoms. The number of hydrogen-bond acceptors (Lipinski definition) is 5. The highest BCUT2D eigenvalue weighted by atomic mass is 32.2. The molecule has 3 aliphatic rings. The molecule has 3 aliphatic heterocycles. The van der Waals surface area contributed by atoms with Crippen LogP contribution in [0.5, 0.6) is 0 Å². The number of thioether (sulfide) groups is 1. The Kier molecular flexibility index (Phi) is 9.19. The lowest BCUT2D eigenvalue weighted by molar-refractivity contribution is -0.149. The summed E-state index contributed by atoms with van der Waals surface area (Å²) < 4.78 is -0.675. The second-order valence-corrected chi connectivity index (χ2v) is 14.8. The highest BCUT2D eigenvalue weighted by Crippen LogP contribution is 2.67. The van der Waals surface area contributed by atoms with Crippen molar-refractivity contribution in [3.8, 4) is 0 Å². The van der Waals surface area contributed by atoms with Crippen LogP contribution in [0.25, 0.3) is 0 Å². The molecule has 8 heteroatoms. The molecule has 0 aliphatic carbocycles. The summed E-state index contributed by atoms with van der Waals surface area (Å²) >= 11 is 1.68. The minimum atomic E-state index is -0.729. The van der Waals surface area contributed by atoms with E-state index in [1.54, 1.807) is 35.7 Å². The molecule has 1 N–H and O–H groups in total. The van der Waals surface area contributed by atoms with E-state index in [9.17, 15) is 19.5 Å². The first-order valence-corrected chi connectivity index (χ1v) is 15.0. The molecule has 0 aromatic carbocycles. The fraction of sp³-hybridized carbons (Fsp3) is 0.767. The maximum absolute atomic E-state index is 14.7. The van der Waals surface area contributed by atoms with Crippen LogP contribution >= 0.6 is 11.8 Å². The molecule has 214 valence electrons. The summed E-state index contributed by atoms with van der Waals surface area (Å²) in [5.41, 5.74) is -0.493. The van der Waals surface area contributed by atoms with E-state index in [2.05, 4.69) is 47.8 Å². The van der Waals surface area contributed by atoms with Gasteiger partial charge in [0.1, 0.15) is 6.04 Å². The van der Waals surface area contributed by atoms with Crippen LogP contribution < -0.4 is 0 Å². The van der Waals surface area contributed by atoms with Gasteiger partial charge in [0.2, 0.25) is 17.7 Å². The van der Waals surface area contributed by atoms with E-state index in [0.717, 1.165) is 19.3 Å². The Labute approximate surface area is 234 Å². The average molecular weight is 548 g/mol. The monoisotopic (exact) mass is 547 g/mol. The van der Waals surface area contributed by atoms with Crippen LogP contribution in [0.3, 0.4) is 0 Å². The third-order valence-corrected chi connectivity index (χ3v) is 10.4. The molecule has 2 unspecified atom stereocenters. The van der Waals surface area contributed by atoms with Crippen molar-refractivity contribution in [1.82, 2.24) is 14.7 Å². The number of nitrogens with zero attached hydrogens (tertiary/aromatic N) is 3. The van der Waals surface area contributed by atoms with Crippen LogP contribution in [0.15, 0.2) is 25.3 Å². The maximum Gasteiger partial charge on any atom is 0.247 e. The first-order chi connectivity index (χ1) is 17.7. The number of likely N-dealkylation sites (tertiary alicyclic amines) is 1. The smallest absolute Gasteiger partial charge is 0.247 e. The molecular formula is C30H49N3O4S. The Morgan fingerprint density at radius 1 is 1.18 bits per heavy atom. The number of hydrogen-bond donors (Lipinski definition) is 1. The number of aliphatic hydroxyl groups is 1. The molecule has 0 saturated carbocycles. The third-order valence-electron chi connectivity index (χ3n) is 8.42. The van der Waals surface area contributed by atoms with E-state index in [4.69, 9.17) is 0 Å². The van der Waals surface area contributed by atoms with Crippen molar-refractivity contribution in [2.75, 3.05) is 26.2 Å². The van der Waals surface area contributed by atoms with Crippen LogP contribution in [0.4, 0.5) is 0 Å². The Hall–Kier alpha value is -1.80. The van der Waals surface area contributed by atoms with Crippen molar-refractivity contribution in [2.24, 2.45) is 17.3 Å². The van der Waals surface area contributed by atoms with Crippen molar-refractivity contribution in [3.05, 3.63) is 25.3 Å². The summed E-state index contributed by atoms with van der Waals surface area (Å²) in [4.78, 5) is 48.1. The van der Waals surface area contributed by atoms with Gasteiger partial charge in [-0.15, -0.1) is 24.9 Å². The zero-order valence-corrected chi connectivity index (χ0v) is 25.4. The van der Waals surface area contributed by atoms with Crippen LogP contribution in [-0.2, 0) is 14.4 Å². The summed E-state index contributed by atoms with van der Waals surface area (Å²) in [6, 6.07) is -1.25. The number of rotatable bonds is 12. The molecule has 0 aromatic rings. The molecule has 3 fully saturated rings. The minimum absolute atomic E-state index is 0.00937. The van der Waals surface area contributed by atoms with Gasteiger partial charge < -0.3 is 19.8 Å². The van der Waals surface area contributed by atoms with Crippen LogP contribution in [0.1, 0.15) is 74.1 Å². The minimum Gasteiger partial charge on any atom is -0.394 e. The summed E-state index contributed by atoms with van der Waals surface area (Å²) in [7, 11) is 0. The largest absolute Gasteiger partial charge is 0.394 e. The molecule has 3 heterocycles. The predicted molar refractivity (Wildman–Crippen MR) is 155 cm³/mol. The standard InChI is InChI=1S/C30H49N3O4S/c1-10-15-31(16-11-2)25(35)22-21-13-14-30(38-21)23(22)26(36)33(20(4)18-34)24(30)27(37)32(17-12-3)29(8,9)19-28(5,6)7/h10,12,20-24,34H,1,3,11,13-19H2,2,4-9H3/t20-,21+,22-,23+,24?,30?/m1/s1. The number of carbonyl (C=O) groups is 3. The average Bonchev–Trinajstić information content (AvgIpc) is 3.46. The number of aliphatic hydroxyl groups excluding tert-OH is 1. The highest BCUT2D eigenvalue weighted by molar-refractivity contribution is 8.02. The van der Waals surface area contributed by atoms with Gasteiger partial charge in [0.05, 0.1) is 29.2 Å². The summed E-state index contributed by atoms with van der Waals surface area (Å²) in [5, 5.41) is 10.2. The topological polar surface area (TPSA) is 81.2 Å². The van der Waals surface area contributed by atoms with E-state index < -0.39 is 34.2 Å². The lowest BCUT2D eigenvalue weighted by Gasteiger charge is -2.46. The summed E-state index contributed by atoms with van der Waals surface area (Å²) in [5.74, 6) is -1.31. The van der Waals surface area contributed by atoms with E-state index in [0.29, 0.717) is 26.1 Å². The molecule has 3 rings (SSSR count). The Bertz CT molecular complexity index is 944. The number of fused-ring (bicyclic) bond motifs is 1. The van der Waals surface area contributed by atoms with Gasteiger partial charge in [0, 0.05) is 30.4 Å². The quantitative estimate of drug-likeness (QED) is 0.372. The molecule has 3 amide bonds. The zero-order chi connectivity index (χ0) is 28.6. The lowest BCUT2D eigenvalue weighted by atomic mass is 9.70. The van der Waals surface area contributed by atoms with Crippen molar-refractivity contribution in [2.45, 2.75) is 102 Å². The second kappa shape index (κ2) is 11.4. The SMILES string of the molecule is C=CCN(CCC)C(=O)[C@@H]1[C@@H]2CCC3(S2)C(C(=O)N(CC=C)C(C)(C)CC(C)(C)C)N([C@H](C)CO)C(=O)[C@H]13. The molecule has 6 atom stereocenters. The maximum atomic E-state index is 14.7. The van der Waals surface area contributed by atoms with Crippen molar-refractivity contribution in [1.29, 1.82) is 0 Å². The Morgan fingerprint density at radius 2 is 1.82 bits per heavy atom. The molecular weight excluding hydrogens is 498 g/mol. The van der Waals surface area contributed by atoms with E-state index >= 15 is 0 Å². The van der Waals surface area contributed by atoms with Crippen molar-refractivity contribution < 1.29 is 19.5 Å².